The normalized spacial score (nSPS) is 12.7. The van der Waals surface area contributed by atoms with Crippen molar-refractivity contribution in [3.63, 3.8) is 0 Å². The largest absolute Gasteiger partial charge is 0.496 e. The Labute approximate surface area is 92.2 Å². The Kier molecular flexibility index (Phi) is 4.01. The van der Waals surface area contributed by atoms with E-state index in [9.17, 15) is 0 Å². The van der Waals surface area contributed by atoms with Crippen molar-refractivity contribution in [3.05, 3.63) is 23.8 Å². The van der Waals surface area contributed by atoms with Gasteiger partial charge in [0.25, 0.3) is 0 Å². The predicted octanol–water partition coefficient (Wildman–Crippen LogP) is 3.46. The molecule has 0 aliphatic rings. The first-order valence-corrected chi connectivity index (χ1v) is 5.32. The van der Waals surface area contributed by atoms with Crippen LogP contribution in [0.3, 0.4) is 0 Å². The number of benzene rings is 1. The highest BCUT2D eigenvalue weighted by Crippen LogP contribution is 2.38. The van der Waals surface area contributed by atoms with Gasteiger partial charge in [0, 0.05) is 5.56 Å². The Hall–Kier alpha value is -1.18. The van der Waals surface area contributed by atoms with E-state index in [-0.39, 0.29) is 0 Å². The molecule has 15 heavy (non-hydrogen) atoms. The second-order valence-corrected chi connectivity index (χ2v) is 4.11. The van der Waals surface area contributed by atoms with Gasteiger partial charge in [-0.1, -0.05) is 26.8 Å². The quantitative estimate of drug-likeness (QED) is 0.754. The molecule has 1 aromatic rings. The second kappa shape index (κ2) is 5.06. The molecule has 1 aromatic carbocycles. The monoisotopic (exact) mass is 208 g/mol. The first kappa shape index (κ1) is 11.9. The zero-order valence-electron chi connectivity index (χ0n) is 10.2. The van der Waals surface area contributed by atoms with E-state index in [1.165, 1.54) is 0 Å². The maximum Gasteiger partial charge on any atom is 0.126 e. The summed E-state index contributed by atoms with van der Waals surface area (Å²) in [6.45, 7) is 6.61. The standard InChI is InChI=1S/C13H20O2/c1-9(2)10(3)13-11(14-4)7-6-8-12(13)15-5/h6-10H,1-5H3. The summed E-state index contributed by atoms with van der Waals surface area (Å²) in [6, 6.07) is 5.92. The van der Waals surface area contributed by atoms with Crippen molar-refractivity contribution >= 4 is 0 Å². The van der Waals surface area contributed by atoms with Gasteiger partial charge in [-0.2, -0.15) is 0 Å². The highest BCUT2D eigenvalue weighted by Gasteiger charge is 2.19. The van der Waals surface area contributed by atoms with Crippen molar-refractivity contribution in [2.24, 2.45) is 5.92 Å². The molecule has 0 aliphatic carbocycles. The van der Waals surface area contributed by atoms with Crippen LogP contribution in [0, 0.1) is 5.92 Å². The van der Waals surface area contributed by atoms with Gasteiger partial charge in [-0.25, -0.2) is 0 Å². The van der Waals surface area contributed by atoms with E-state index in [0.717, 1.165) is 17.1 Å². The maximum absolute atomic E-state index is 5.38. The Morgan fingerprint density at radius 3 is 1.73 bits per heavy atom. The Balaban J connectivity index is 3.21. The lowest BCUT2D eigenvalue weighted by molar-refractivity contribution is 0.370. The van der Waals surface area contributed by atoms with Crippen LogP contribution in [0.1, 0.15) is 32.3 Å². The van der Waals surface area contributed by atoms with Crippen LogP contribution < -0.4 is 9.47 Å². The van der Waals surface area contributed by atoms with Crippen molar-refractivity contribution in [1.82, 2.24) is 0 Å². The Bertz CT molecular complexity index is 296. The van der Waals surface area contributed by atoms with Gasteiger partial charge in [-0.05, 0) is 24.0 Å². The van der Waals surface area contributed by atoms with Crippen LogP contribution in [-0.2, 0) is 0 Å². The molecule has 0 N–H and O–H groups in total. The van der Waals surface area contributed by atoms with Crippen molar-refractivity contribution in [1.29, 1.82) is 0 Å². The number of hydrogen-bond acceptors (Lipinski definition) is 2. The van der Waals surface area contributed by atoms with E-state index in [1.807, 2.05) is 18.2 Å². The summed E-state index contributed by atoms with van der Waals surface area (Å²) >= 11 is 0. The third-order valence-electron chi connectivity index (χ3n) is 2.92. The van der Waals surface area contributed by atoms with E-state index >= 15 is 0 Å². The minimum Gasteiger partial charge on any atom is -0.496 e. The summed E-state index contributed by atoms with van der Waals surface area (Å²) in [6.07, 6.45) is 0. The topological polar surface area (TPSA) is 18.5 Å². The van der Waals surface area contributed by atoms with Gasteiger partial charge in [0.1, 0.15) is 11.5 Å². The molecule has 1 unspecified atom stereocenters. The van der Waals surface area contributed by atoms with E-state index < -0.39 is 0 Å². The summed E-state index contributed by atoms with van der Waals surface area (Å²) in [4.78, 5) is 0. The fourth-order valence-corrected chi connectivity index (χ4v) is 1.66. The van der Waals surface area contributed by atoms with Crippen molar-refractivity contribution in [2.75, 3.05) is 14.2 Å². The average molecular weight is 208 g/mol. The molecule has 2 nitrogen and oxygen atoms in total. The van der Waals surface area contributed by atoms with Gasteiger partial charge >= 0.3 is 0 Å². The summed E-state index contributed by atoms with van der Waals surface area (Å²) in [7, 11) is 3.40. The molecule has 0 saturated carbocycles. The van der Waals surface area contributed by atoms with Gasteiger partial charge in [0.05, 0.1) is 14.2 Å². The summed E-state index contributed by atoms with van der Waals surface area (Å²) in [5.41, 5.74) is 1.16. The van der Waals surface area contributed by atoms with Crippen LogP contribution in [0.2, 0.25) is 0 Å². The summed E-state index contributed by atoms with van der Waals surface area (Å²) in [5, 5.41) is 0. The molecule has 0 saturated heterocycles. The summed E-state index contributed by atoms with van der Waals surface area (Å²) < 4.78 is 10.8. The molecule has 0 radical (unpaired) electrons. The van der Waals surface area contributed by atoms with Gasteiger partial charge in [0.15, 0.2) is 0 Å². The first-order valence-electron chi connectivity index (χ1n) is 5.32. The molecule has 84 valence electrons. The third-order valence-corrected chi connectivity index (χ3v) is 2.92. The molecule has 1 atom stereocenters. The minimum absolute atomic E-state index is 0.427. The van der Waals surface area contributed by atoms with Crippen LogP contribution >= 0.6 is 0 Å². The average Bonchev–Trinajstić information content (AvgIpc) is 2.26. The summed E-state index contributed by atoms with van der Waals surface area (Å²) in [5.74, 6) is 2.82. The van der Waals surface area contributed by atoms with Crippen LogP contribution in [0.15, 0.2) is 18.2 Å². The van der Waals surface area contributed by atoms with Crippen LogP contribution in [0.5, 0.6) is 11.5 Å². The highest BCUT2D eigenvalue weighted by molar-refractivity contribution is 5.47. The highest BCUT2D eigenvalue weighted by atomic mass is 16.5. The van der Waals surface area contributed by atoms with E-state index in [0.29, 0.717) is 11.8 Å². The molecular formula is C13H20O2. The molecule has 0 amide bonds. The van der Waals surface area contributed by atoms with Gasteiger partial charge in [-0.3, -0.25) is 0 Å². The van der Waals surface area contributed by atoms with Crippen molar-refractivity contribution in [2.45, 2.75) is 26.7 Å². The van der Waals surface area contributed by atoms with E-state index in [2.05, 4.69) is 20.8 Å². The smallest absolute Gasteiger partial charge is 0.126 e. The van der Waals surface area contributed by atoms with Crippen molar-refractivity contribution in [3.8, 4) is 11.5 Å². The fraction of sp³-hybridized carbons (Fsp3) is 0.538. The maximum atomic E-state index is 5.38. The lowest BCUT2D eigenvalue weighted by Gasteiger charge is -2.21. The zero-order valence-corrected chi connectivity index (χ0v) is 10.2. The Morgan fingerprint density at radius 2 is 1.40 bits per heavy atom. The molecule has 0 aromatic heterocycles. The van der Waals surface area contributed by atoms with Gasteiger partial charge < -0.3 is 9.47 Å². The second-order valence-electron chi connectivity index (χ2n) is 4.11. The number of methoxy groups -OCH3 is 2. The molecular weight excluding hydrogens is 188 g/mol. The van der Waals surface area contributed by atoms with Crippen LogP contribution in [0.25, 0.3) is 0 Å². The van der Waals surface area contributed by atoms with Crippen LogP contribution in [0.4, 0.5) is 0 Å². The molecule has 2 heteroatoms. The molecule has 0 bridgehead atoms. The Morgan fingerprint density at radius 1 is 0.933 bits per heavy atom. The van der Waals surface area contributed by atoms with E-state index in [1.54, 1.807) is 14.2 Å². The molecule has 1 rings (SSSR count). The van der Waals surface area contributed by atoms with Crippen molar-refractivity contribution < 1.29 is 9.47 Å². The van der Waals surface area contributed by atoms with E-state index in [4.69, 9.17) is 9.47 Å². The molecule has 0 fully saturated rings. The van der Waals surface area contributed by atoms with Gasteiger partial charge in [-0.15, -0.1) is 0 Å². The predicted molar refractivity (Wildman–Crippen MR) is 62.8 cm³/mol. The number of ether oxygens (including phenoxy) is 2. The zero-order chi connectivity index (χ0) is 11.4. The molecule has 0 aliphatic heterocycles. The molecule has 0 spiro atoms. The minimum atomic E-state index is 0.427. The third kappa shape index (κ3) is 2.44. The SMILES string of the molecule is COc1cccc(OC)c1C(C)C(C)C. The molecule has 0 heterocycles. The first-order chi connectivity index (χ1) is 7.11. The number of rotatable bonds is 4. The lowest BCUT2D eigenvalue weighted by Crippen LogP contribution is -2.06. The van der Waals surface area contributed by atoms with Crippen LogP contribution in [-0.4, -0.2) is 14.2 Å². The fourth-order valence-electron chi connectivity index (χ4n) is 1.66. The number of hydrogen-bond donors (Lipinski definition) is 0. The van der Waals surface area contributed by atoms with Gasteiger partial charge in [0.2, 0.25) is 0 Å². The lowest BCUT2D eigenvalue weighted by atomic mass is 9.89.